The molecule has 0 saturated heterocycles. The topological polar surface area (TPSA) is 22.9 Å². The first-order valence-corrected chi connectivity index (χ1v) is 21.5. The van der Waals surface area contributed by atoms with Crippen molar-refractivity contribution in [1.82, 2.24) is 0 Å². The molecule has 10 aromatic rings. The Hall–Kier alpha value is -7.76. The average Bonchev–Trinajstić information content (AvgIpc) is 3.68. The summed E-state index contributed by atoms with van der Waals surface area (Å²) in [7, 11) is 0. The van der Waals surface area contributed by atoms with Gasteiger partial charge >= 0.3 is 0 Å². The Morgan fingerprint density at radius 2 is 0.919 bits per heavy atom. The lowest BCUT2D eigenvalue weighted by atomic mass is 9.30. The van der Waals surface area contributed by atoms with Gasteiger partial charge in [-0.25, -0.2) is 0 Å². The predicted molar refractivity (Wildman–Crippen MR) is 261 cm³/mol. The second-order valence-electron chi connectivity index (χ2n) is 16.9. The third kappa shape index (κ3) is 5.62. The van der Waals surface area contributed by atoms with Crippen LogP contribution >= 0.6 is 0 Å². The molecule has 0 fully saturated rings. The molecular formula is C57H42BN3O. The molecule has 12 rings (SSSR count). The van der Waals surface area contributed by atoms with Crippen LogP contribution in [-0.2, 0) is 5.41 Å². The summed E-state index contributed by atoms with van der Waals surface area (Å²) in [5.41, 5.74) is 18.1. The van der Waals surface area contributed by atoms with Gasteiger partial charge in [-0.15, -0.1) is 0 Å². The van der Waals surface area contributed by atoms with E-state index >= 15 is 0 Å². The number of para-hydroxylation sites is 6. The molecule has 0 radical (unpaired) electrons. The van der Waals surface area contributed by atoms with Crippen LogP contribution in [0.4, 0.5) is 51.2 Å². The van der Waals surface area contributed by atoms with Gasteiger partial charge in [0, 0.05) is 73.4 Å². The Bertz CT molecular complexity index is 3200. The van der Waals surface area contributed by atoms with Crippen molar-refractivity contribution in [3.63, 3.8) is 0 Å². The van der Waals surface area contributed by atoms with Crippen molar-refractivity contribution >= 4 is 96.2 Å². The van der Waals surface area contributed by atoms with E-state index in [1.807, 2.05) is 0 Å². The zero-order valence-electron chi connectivity index (χ0n) is 34.6. The van der Waals surface area contributed by atoms with E-state index in [1.54, 1.807) is 0 Å². The highest BCUT2D eigenvalue weighted by molar-refractivity contribution is 6.99. The molecular weight excluding hydrogens is 753 g/mol. The van der Waals surface area contributed by atoms with Crippen molar-refractivity contribution in [2.24, 2.45) is 0 Å². The van der Waals surface area contributed by atoms with Crippen LogP contribution in [0, 0.1) is 0 Å². The number of rotatable bonds is 7. The molecule has 0 unspecified atom stereocenters. The lowest BCUT2D eigenvalue weighted by molar-refractivity contribution is 0.644. The van der Waals surface area contributed by atoms with Crippen LogP contribution in [0.1, 0.15) is 25.0 Å². The van der Waals surface area contributed by atoms with Crippen LogP contribution < -0.4 is 31.1 Å². The van der Waals surface area contributed by atoms with Crippen molar-refractivity contribution in [1.29, 1.82) is 0 Å². The summed E-state index contributed by atoms with van der Waals surface area (Å²) < 4.78 is 6.96. The van der Waals surface area contributed by atoms with Gasteiger partial charge in [0.2, 0.25) is 6.71 Å². The van der Waals surface area contributed by atoms with E-state index in [2.05, 4.69) is 247 Å². The number of hydrogen-bond acceptors (Lipinski definition) is 4. The van der Waals surface area contributed by atoms with Gasteiger partial charge in [0.05, 0.1) is 0 Å². The quantitative estimate of drug-likeness (QED) is 0.150. The fourth-order valence-electron chi connectivity index (χ4n) is 10.3. The second kappa shape index (κ2) is 14.2. The Morgan fingerprint density at radius 3 is 1.52 bits per heavy atom. The Morgan fingerprint density at radius 1 is 0.403 bits per heavy atom. The van der Waals surface area contributed by atoms with Crippen molar-refractivity contribution in [3.8, 4) is 0 Å². The molecule has 4 nitrogen and oxygen atoms in total. The average molecular weight is 796 g/mol. The maximum atomic E-state index is 6.96. The Labute approximate surface area is 362 Å². The third-order valence-electron chi connectivity index (χ3n) is 13.0. The van der Waals surface area contributed by atoms with E-state index in [9.17, 15) is 0 Å². The molecule has 0 N–H and O–H groups in total. The minimum Gasteiger partial charge on any atom is -0.456 e. The van der Waals surface area contributed by atoms with E-state index in [0.717, 1.165) is 61.8 Å². The molecule has 294 valence electrons. The summed E-state index contributed by atoms with van der Waals surface area (Å²) in [4.78, 5) is 7.18. The first-order valence-electron chi connectivity index (χ1n) is 21.5. The molecule has 1 aromatic heterocycles. The van der Waals surface area contributed by atoms with Gasteiger partial charge in [-0.1, -0.05) is 129 Å². The third-order valence-corrected chi connectivity index (χ3v) is 13.0. The van der Waals surface area contributed by atoms with Crippen LogP contribution in [0.5, 0.6) is 0 Å². The molecule has 62 heavy (non-hydrogen) atoms. The number of anilines is 9. The number of hydrogen-bond donors (Lipinski definition) is 0. The predicted octanol–water partition coefficient (Wildman–Crippen LogP) is 13.5. The number of benzene rings is 9. The number of nitrogens with zero attached hydrogens (tertiary/aromatic N) is 3. The fourth-order valence-corrected chi connectivity index (χ4v) is 10.3. The Balaban J connectivity index is 1.10. The molecule has 0 bridgehead atoms. The normalized spacial score (nSPS) is 13.4. The van der Waals surface area contributed by atoms with Crippen LogP contribution in [-0.4, -0.2) is 6.71 Å². The highest BCUT2D eigenvalue weighted by Gasteiger charge is 2.47. The fraction of sp³-hybridized carbons (Fsp3) is 0.0526. The molecule has 5 heteroatoms. The molecule has 9 aromatic carbocycles. The molecule has 0 amide bonds. The van der Waals surface area contributed by atoms with E-state index in [1.165, 1.54) is 38.9 Å². The van der Waals surface area contributed by atoms with Crippen LogP contribution in [0.25, 0.3) is 21.9 Å². The van der Waals surface area contributed by atoms with Crippen molar-refractivity contribution in [2.45, 2.75) is 19.3 Å². The van der Waals surface area contributed by atoms with Crippen LogP contribution in [0.2, 0.25) is 0 Å². The smallest absolute Gasteiger partial charge is 0.247 e. The van der Waals surface area contributed by atoms with Gasteiger partial charge in [-0.3, -0.25) is 0 Å². The van der Waals surface area contributed by atoms with E-state index in [4.69, 9.17) is 4.42 Å². The lowest BCUT2D eigenvalue weighted by Crippen LogP contribution is -2.64. The minimum absolute atomic E-state index is 0.00466. The Kier molecular flexibility index (Phi) is 8.26. The highest BCUT2D eigenvalue weighted by Crippen LogP contribution is 2.48. The van der Waals surface area contributed by atoms with Gasteiger partial charge < -0.3 is 19.1 Å². The van der Waals surface area contributed by atoms with Gasteiger partial charge in [-0.05, 0) is 125 Å². The molecule has 2 aliphatic heterocycles. The standard InChI is InChI=1S/C57H42BN3O/c1-57(2)48-37-47-46-33-32-44(59(39-20-8-3-9-21-39)40-22-10-4-11-23-40)36-54(46)62-55(47)38-51(48)58-50-30-18-19-31-52(50)61(43-28-16-7-17-29-43)53-35-45(34-49(57)56(53)58)60(41-24-12-5-13-25-41)42-26-14-6-15-27-42/h3-38H,1-2H3. The van der Waals surface area contributed by atoms with Crippen molar-refractivity contribution in [3.05, 3.63) is 230 Å². The summed E-state index contributed by atoms with van der Waals surface area (Å²) in [6.45, 7) is 4.82. The minimum atomic E-state index is -0.366. The zero-order chi connectivity index (χ0) is 41.4. The molecule has 2 aliphatic rings. The van der Waals surface area contributed by atoms with Gasteiger partial charge in [0.1, 0.15) is 11.2 Å². The van der Waals surface area contributed by atoms with E-state index in [0.29, 0.717) is 0 Å². The SMILES string of the molecule is CC1(C)c2cc3c(cc2B2c4ccccc4N(c4ccccc4)c4cc(N(c5ccccc5)c5ccccc5)cc1c42)oc1cc(N(c2ccccc2)c2ccccc2)ccc13. The molecule has 0 aliphatic carbocycles. The van der Waals surface area contributed by atoms with Crippen LogP contribution in [0.15, 0.2) is 223 Å². The summed E-state index contributed by atoms with van der Waals surface area (Å²) in [5, 5.41) is 2.25. The first kappa shape index (κ1) is 36.1. The molecule has 3 heterocycles. The summed E-state index contributed by atoms with van der Waals surface area (Å²) >= 11 is 0. The van der Waals surface area contributed by atoms with E-state index in [-0.39, 0.29) is 12.1 Å². The zero-order valence-corrected chi connectivity index (χ0v) is 34.6. The summed E-state index contributed by atoms with van der Waals surface area (Å²) in [6.07, 6.45) is 0. The van der Waals surface area contributed by atoms with Crippen LogP contribution in [0.3, 0.4) is 0 Å². The monoisotopic (exact) mass is 795 g/mol. The lowest BCUT2D eigenvalue weighted by Gasteiger charge is -2.46. The molecule has 0 spiro atoms. The van der Waals surface area contributed by atoms with E-state index < -0.39 is 0 Å². The van der Waals surface area contributed by atoms with Crippen molar-refractivity contribution < 1.29 is 4.42 Å². The maximum Gasteiger partial charge on any atom is 0.247 e. The number of furan rings is 1. The maximum absolute atomic E-state index is 6.96. The van der Waals surface area contributed by atoms with Gasteiger partial charge in [0.25, 0.3) is 0 Å². The molecule has 0 saturated carbocycles. The largest absolute Gasteiger partial charge is 0.456 e. The van der Waals surface area contributed by atoms with Gasteiger partial charge in [-0.2, -0.15) is 0 Å². The number of fused-ring (bicyclic) bond motifs is 7. The van der Waals surface area contributed by atoms with Crippen molar-refractivity contribution in [2.75, 3.05) is 14.7 Å². The summed E-state index contributed by atoms with van der Waals surface area (Å²) in [5.74, 6) is 0. The first-order chi connectivity index (χ1) is 30.5. The summed E-state index contributed by atoms with van der Waals surface area (Å²) in [6, 6.07) is 78.8. The molecule has 0 atom stereocenters. The second-order valence-corrected chi connectivity index (χ2v) is 16.9. The van der Waals surface area contributed by atoms with Gasteiger partial charge in [0.15, 0.2) is 0 Å². The highest BCUT2D eigenvalue weighted by atomic mass is 16.3.